The van der Waals surface area contributed by atoms with Crippen LogP contribution in [0.3, 0.4) is 0 Å². The summed E-state index contributed by atoms with van der Waals surface area (Å²) in [5.74, 6) is -1.00. The van der Waals surface area contributed by atoms with Crippen LogP contribution in [-0.2, 0) is 5.41 Å². The van der Waals surface area contributed by atoms with Gasteiger partial charge in [0, 0.05) is 9.79 Å². The fourth-order valence-electron chi connectivity index (χ4n) is 1.97. The van der Waals surface area contributed by atoms with Crippen molar-refractivity contribution in [3.8, 4) is 0 Å². The fourth-order valence-corrected chi connectivity index (χ4v) is 2.86. The van der Waals surface area contributed by atoms with E-state index < -0.39 is 5.97 Å². The van der Waals surface area contributed by atoms with Crippen LogP contribution in [0.1, 0.15) is 36.7 Å². The molecule has 0 spiro atoms. The average molecular weight is 301 g/mol. The predicted octanol–water partition coefficient (Wildman–Crippen LogP) is 4.42. The second-order valence-corrected chi connectivity index (χ2v) is 7.01. The lowest BCUT2D eigenvalue weighted by Crippen LogP contribution is -2.10. The third kappa shape index (κ3) is 3.58. The van der Waals surface area contributed by atoms with E-state index in [1.807, 2.05) is 18.2 Å². The highest BCUT2D eigenvalue weighted by Gasteiger charge is 2.14. The number of benzene rings is 2. The summed E-state index contributed by atoms with van der Waals surface area (Å²) in [7, 11) is 0. The molecular formula is C17H19NO2S. The largest absolute Gasteiger partial charge is 0.478 e. The number of para-hydroxylation sites is 1. The zero-order valence-corrected chi connectivity index (χ0v) is 13.2. The summed E-state index contributed by atoms with van der Waals surface area (Å²) < 4.78 is 0. The highest BCUT2D eigenvalue weighted by Crippen LogP contribution is 2.34. The quantitative estimate of drug-likeness (QED) is 0.824. The normalized spacial score (nSPS) is 11.4. The van der Waals surface area contributed by atoms with E-state index in [9.17, 15) is 4.79 Å². The second kappa shape index (κ2) is 5.82. The van der Waals surface area contributed by atoms with E-state index >= 15 is 0 Å². The summed E-state index contributed by atoms with van der Waals surface area (Å²) in [5, 5.41) is 9.09. The van der Waals surface area contributed by atoms with Gasteiger partial charge in [-0.25, -0.2) is 4.79 Å². The van der Waals surface area contributed by atoms with Gasteiger partial charge in [0.05, 0.1) is 11.3 Å². The first-order valence-corrected chi connectivity index (χ1v) is 7.51. The van der Waals surface area contributed by atoms with Crippen LogP contribution in [0.2, 0.25) is 0 Å². The summed E-state index contributed by atoms with van der Waals surface area (Å²) in [4.78, 5) is 12.9. The minimum absolute atomic E-state index is 0.117. The molecule has 4 heteroatoms. The van der Waals surface area contributed by atoms with Gasteiger partial charge >= 0.3 is 5.97 Å². The van der Waals surface area contributed by atoms with Crippen LogP contribution in [0.5, 0.6) is 0 Å². The Morgan fingerprint density at radius 1 is 1.10 bits per heavy atom. The molecule has 0 saturated heterocycles. The van der Waals surface area contributed by atoms with Gasteiger partial charge < -0.3 is 10.8 Å². The number of aromatic carboxylic acids is 1. The Morgan fingerprint density at radius 3 is 2.24 bits per heavy atom. The van der Waals surface area contributed by atoms with Gasteiger partial charge in [0.2, 0.25) is 0 Å². The Bertz CT molecular complexity index is 657. The summed E-state index contributed by atoms with van der Waals surface area (Å²) in [5.41, 5.74) is 7.77. The zero-order chi connectivity index (χ0) is 15.6. The average Bonchev–Trinajstić information content (AvgIpc) is 2.40. The van der Waals surface area contributed by atoms with Crippen molar-refractivity contribution < 1.29 is 9.90 Å². The molecule has 0 atom stereocenters. The van der Waals surface area contributed by atoms with Crippen molar-refractivity contribution in [2.24, 2.45) is 0 Å². The molecule has 0 aliphatic rings. The van der Waals surface area contributed by atoms with Gasteiger partial charge in [0.15, 0.2) is 0 Å². The number of nitrogens with two attached hydrogens (primary N) is 1. The highest BCUT2D eigenvalue weighted by molar-refractivity contribution is 7.99. The lowest BCUT2D eigenvalue weighted by molar-refractivity contribution is 0.0698. The summed E-state index contributed by atoms with van der Waals surface area (Å²) in [6.45, 7) is 6.51. The topological polar surface area (TPSA) is 63.3 Å². The third-order valence-electron chi connectivity index (χ3n) is 3.24. The maximum atomic E-state index is 11.1. The molecule has 0 aliphatic carbocycles. The lowest BCUT2D eigenvalue weighted by atomic mass is 9.87. The molecule has 2 aromatic carbocycles. The Hall–Kier alpha value is -1.94. The van der Waals surface area contributed by atoms with Crippen molar-refractivity contribution >= 4 is 23.4 Å². The molecule has 0 amide bonds. The molecule has 0 unspecified atom stereocenters. The third-order valence-corrected chi connectivity index (χ3v) is 4.33. The van der Waals surface area contributed by atoms with Crippen molar-refractivity contribution in [2.45, 2.75) is 36.0 Å². The highest BCUT2D eigenvalue weighted by atomic mass is 32.2. The van der Waals surface area contributed by atoms with Gasteiger partial charge in [-0.3, -0.25) is 0 Å². The van der Waals surface area contributed by atoms with Gasteiger partial charge in [0.25, 0.3) is 0 Å². The number of carbonyl (C=O) groups is 1. The van der Waals surface area contributed by atoms with Crippen LogP contribution in [0.15, 0.2) is 52.3 Å². The molecule has 0 radical (unpaired) electrons. The van der Waals surface area contributed by atoms with Crippen LogP contribution in [0, 0.1) is 0 Å². The molecule has 110 valence electrons. The molecule has 0 aliphatic heterocycles. The first-order chi connectivity index (χ1) is 9.79. The van der Waals surface area contributed by atoms with Crippen molar-refractivity contribution in [3.63, 3.8) is 0 Å². The van der Waals surface area contributed by atoms with E-state index in [0.717, 1.165) is 9.79 Å². The number of carboxylic acids is 1. The summed E-state index contributed by atoms with van der Waals surface area (Å²) in [6, 6.07) is 13.3. The SMILES string of the molecule is CC(C)(C)c1ccc(Sc2cccc(C(=O)O)c2N)cc1. The predicted molar refractivity (Wildman–Crippen MR) is 87.1 cm³/mol. The van der Waals surface area contributed by atoms with Crippen LogP contribution < -0.4 is 5.73 Å². The molecule has 0 heterocycles. The van der Waals surface area contributed by atoms with Gasteiger partial charge in [-0.15, -0.1) is 0 Å². The van der Waals surface area contributed by atoms with Crippen molar-refractivity contribution in [1.29, 1.82) is 0 Å². The first-order valence-electron chi connectivity index (χ1n) is 6.69. The number of nitrogen functional groups attached to an aromatic ring is 1. The van der Waals surface area contributed by atoms with Gasteiger partial charge in [0.1, 0.15) is 0 Å². The standard InChI is InChI=1S/C17H19NO2S/c1-17(2,3)11-7-9-12(10-8-11)21-14-6-4-5-13(15(14)18)16(19)20/h4-10H,18H2,1-3H3,(H,19,20). The van der Waals surface area contributed by atoms with Crippen LogP contribution in [0.4, 0.5) is 5.69 Å². The van der Waals surface area contributed by atoms with Crippen LogP contribution in [0.25, 0.3) is 0 Å². The van der Waals surface area contributed by atoms with Gasteiger partial charge in [-0.2, -0.15) is 0 Å². The monoisotopic (exact) mass is 301 g/mol. The van der Waals surface area contributed by atoms with Crippen molar-refractivity contribution in [2.75, 3.05) is 5.73 Å². The van der Waals surface area contributed by atoms with Crippen LogP contribution >= 0.6 is 11.8 Å². The molecule has 3 nitrogen and oxygen atoms in total. The minimum Gasteiger partial charge on any atom is -0.478 e. The number of rotatable bonds is 3. The summed E-state index contributed by atoms with van der Waals surface area (Å²) >= 11 is 1.48. The van der Waals surface area contributed by atoms with Crippen molar-refractivity contribution in [1.82, 2.24) is 0 Å². The molecule has 2 aromatic rings. The molecule has 0 aromatic heterocycles. The Balaban J connectivity index is 2.27. The number of carboxylic acid groups (broad SMARTS) is 1. The lowest BCUT2D eigenvalue weighted by Gasteiger charge is -2.19. The Morgan fingerprint density at radius 2 is 1.71 bits per heavy atom. The Kier molecular flexibility index (Phi) is 4.28. The van der Waals surface area contributed by atoms with Gasteiger partial charge in [-0.1, -0.05) is 50.7 Å². The minimum atomic E-state index is -1.00. The number of hydrogen-bond acceptors (Lipinski definition) is 3. The maximum absolute atomic E-state index is 11.1. The fraction of sp³-hybridized carbons (Fsp3) is 0.235. The van der Waals surface area contributed by atoms with Gasteiger partial charge in [-0.05, 0) is 35.2 Å². The molecule has 0 fully saturated rings. The van der Waals surface area contributed by atoms with E-state index in [1.54, 1.807) is 6.07 Å². The van der Waals surface area contributed by atoms with E-state index in [2.05, 4.69) is 32.9 Å². The molecular weight excluding hydrogens is 282 g/mol. The molecule has 2 rings (SSSR count). The summed E-state index contributed by atoms with van der Waals surface area (Å²) in [6.07, 6.45) is 0. The molecule has 0 saturated carbocycles. The van der Waals surface area contributed by atoms with Crippen LogP contribution in [-0.4, -0.2) is 11.1 Å². The Labute approximate surface area is 129 Å². The number of anilines is 1. The molecule has 21 heavy (non-hydrogen) atoms. The smallest absolute Gasteiger partial charge is 0.337 e. The van der Waals surface area contributed by atoms with E-state index in [-0.39, 0.29) is 11.0 Å². The first kappa shape index (κ1) is 15.4. The molecule has 3 N–H and O–H groups in total. The zero-order valence-electron chi connectivity index (χ0n) is 12.4. The maximum Gasteiger partial charge on any atom is 0.337 e. The second-order valence-electron chi connectivity index (χ2n) is 5.90. The molecule has 0 bridgehead atoms. The van der Waals surface area contributed by atoms with E-state index in [4.69, 9.17) is 10.8 Å². The number of hydrogen-bond donors (Lipinski definition) is 2. The van der Waals surface area contributed by atoms with Crippen molar-refractivity contribution in [3.05, 3.63) is 53.6 Å². The van der Waals surface area contributed by atoms with E-state index in [1.165, 1.54) is 23.4 Å². The van der Waals surface area contributed by atoms with E-state index in [0.29, 0.717) is 5.69 Å².